The maximum atomic E-state index is 11.6. The summed E-state index contributed by atoms with van der Waals surface area (Å²) in [6.07, 6.45) is 3.16. The van der Waals surface area contributed by atoms with Crippen molar-refractivity contribution in [2.75, 3.05) is 18.1 Å². The zero-order chi connectivity index (χ0) is 17.5. The first-order valence-corrected chi connectivity index (χ1v) is 9.84. The molecular formula is C17H27NO4S. The number of rotatable bonds is 8. The monoisotopic (exact) mass is 341 g/mol. The maximum absolute atomic E-state index is 11.6. The van der Waals surface area contributed by atoms with Gasteiger partial charge in [0.2, 0.25) is 0 Å². The number of unbranched alkanes of at least 4 members (excludes halogenated alkanes) is 1. The number of carbonyl (C=O) groups is 1. The van der Waals surface area contributed by atoms with Crippen LogP contribution in [0.2, 0.25) is 0 Å². The van der Waals surface area contributed by atoms with Crippen LogP contribution in [-0.2, 0) is 25.1 Å². The standard InChI is InChI=1S/C17H27NO4S/c1-17(2,3)22-16(19)11-7-8-12-18-15-10-6-5-9-14(15)13-23(4,20)21/h5-6,9-10,18H,7-8,11-13H2,1-4H3. The second-order valence-electron chi connectivity index (χ2n) is 6.70. The third-order valence-corrected chi connectivity index (χ3v) is 3.81. The highest BCUT2D eigenvalue weighted by Crippen LogP contribution is 2.18. The van der Waals surface area contributed by atoms with Gasteiger partial charge in [-0.15, -0.1) is 0 Å². The number of carbonyl (C=O) groups excluding carboxylic acids is 1. The van der Waals surface area contributed by atoms with E-state index in [4.69, 9.17) is 4.74 Å². The Labute approximate surface area is 139 Å². The second kappa shape index (κ2) is 8.34. The van der Waals surface area contributed by atoms with Gasteiger partial charge in [0.05, 0.1) is 5.75 Å². The van der Waals surface area contributed by atoms with Crippen LogP contribution in [0.25, 0.3) is 0 Å². The van der Waals surface area contributed by atoms with Crippen molar-refractivity contribution in [3.05, 3.63) is 29.8 Å². The van der Waals surface area contributed by atoms with Crippen LogP contribution < -0.4 is 5.32 Å². The van der Waals surface area contributed by atoms with Crippen LogP contribution in [0, 0.1) is 0 Å². The Hall–Kier alpha value is -1.56. The predicted octanol–water partition coefficient (Wildman–Crippen LogP) is 3.16. The first-order valence-electron chi connectivity index (χ1n) is 7.78. The number of sulfone groups is 1. The van der Waals surface area contributed by atoms with Crippen LogP contribution in [0.15, 0.2) is 24.3 Å². The summed E-state index contributed by atoms with van der Waals surface area (Å²) in [5.74, 6) is -0.163. The molecule has 130 valence electrons. The van der Waals surface area contributed by atoms with Crippen molar-refractivity contribution in [3.8, 4) is 0 Å². The minimum absolute atomic E-state index is 0.0219. The molecule has 1 rings (SSSR count). The molecule has 1 aromatic carbocycles. The Morgan fingerprint density at radius 1 is 1.17 bits per heavy atom. The van der Waals surface area contributed by atoms with Gasteiger partial charge in [0.1, 0.15) is 5.60 Å². The summed E-state index contributed by atoms with van der Waals surface area (Å²) < 4.78 is 28.1. The molecule has 0 saturated heterocycles. The van der Waals surface area contributed by atoms with Crippen molar-refractivity contribution in [2.45, 2.75) is 51.4 Å². The van der Waals surface area contributed by atoms with Crippen molar-refractivity contribution in [3.63, 3.8) is 0 Å². The lowest BCUT2D eigenvalue weighted by Crippen LogP contribution is -2.23. The van der Waals surface area contributed by atoms with Crippen LogP contribution in [0.3, 0.4) is 0 Å². The SMILES string of the molecule is CC(C)(C)OC(=O)CCCCNc1ccccc1CS(C)(=O)=O. The summed E-state index contributed by atoms with van der Waals surface area (Å²) in [5, 5.41) is 3.24. The summed E-state index contributed by atoms with van der Waals surface area (Å²) in [4.78, 5) is 11.6. The van der Waals surface area contributed by atoms with E-state index in [9.17, 15) is 13.2 Å². The molecule has 1 N–H and O–H groups in total. The number of ether oxygens (including phenoxy) is 1. The number of nitrogens with one attached hydrogen (secondary N) is 1. The van der Waals surface area contributed by atoms with E-state index in [0.717, 1.165) is 24.1 Å². The van der Waals surface area contributed by atoms with Gasteiger partial charge in [-0.25, -0.2) is 8.42 Å². The molecule has 0 aliphatic heterocycles. The van der Waals surface area contributed by atoms with Crippen LogP contribution in [0.4, 0.5) is 5.69 Å². The van der Waals surface area contributed by atoms with Gasteiger partial charge >= 0.3 is 5.97 Å². The molecular weight excluding hydrogens is 314 g/mol. The van der Waals surface area contributed by atoms with Gasteiger partial charge in [-0.2, -0.15) is 0 Å². The molecule has 0 atom stereocenters. The van der Waals surface area contributed by atoms with Crippen molar-refractivity contribution in [1.29, 1.82) is 0 Å². The molecule has 0 amide bonds. The summed E-state index contributed by atoms with van der Waals surface area (Å²) in [5.41, 5.74) is 1.15. The topological polar surface area (TPSA) is 72.5 Å². The number of para-hydroxylation sites is 1. The van der Waals surface area contributed by atoms with Gasteiger partial charge < -0.3 is 10.1 Å². The highest BCUT2D eigenvalue weighted by atomic mass is 32.2. The number of esters is 1. The number of hydrogen-bond acceptors (Lipinski definition) is 5. The Kier molecular flexibility index (Phi) is 7.06. The molecule has 0 saturated carbocycles. The molecule has 0 heterocycles. The Balaban J connectivity index is 2.38. The summed E-state index contributed by atoms with van der Waals surface area (Å²) in [6.45, 7) is 6.24. The van der Waals surface area contributed by atoms with Gasteiger partial charge in [0.25, 0.3) is 0 Å². The molecule has 0 radical (unpaired) electrons. The molecule has 0 spiro atoms. The summed E-state index contributed by atoms with van der Waals surface area (Å²) in [6, 6.07) is 7.38. The first kappa shape index (κ1) is 19.5. The maximum Gasteiger partial charge on any atom is 0.306 e. The molecule has 0 aromatic heterocycles. The van der Waals surface area contributed by atoms with Crippen LogP contribution in [0.5, 0.6) is 0 Å². The summed E-state index contributed by atoms with van der Waals surface area (Å²) in [7, 11) is -3.06. The van der Waals surface area contributed by atoms with E-state index < -0.39 is 15.4 Å². The van der Waals surface area contributed by atoms with E-state index in [1.54, 1.807) is 0 Å². The van der Waals surface area contributed by atoms with E-state index in [-0.39, 0.29) is 11.7 Å². The van der Waals surface area contributed by atoms with E-state index in [1.165, 1.54) is 6.26 Å². The van der Waals surface area contributed by atoms with Crippen LogP contribution >= 0.6 is 0 Å². The van der Waals surface area contributed by atoms with E-state index in [0.29, 0.717) is 13.0 Å². The molecule has 0 fully saturated rings. The highest BCUT2D eigenvalue weighted by molar-refractivity contribution is 7.89. The van der Waals surface area contributed by atoms with Gasteiger partial charge in [-0.05, 0) is 45.2 Å². The van der Waals surface area contributed by atoms with E-state index in [2.05, 4.69) is 5.32 Å². The van der Waals surface area contributed by atoms with Crippen molar-refractivity contribution < 1.29 is 17.9 Å². The largest absolute Gasteiger partial charge is 0.460 e. The first-order chi connectivity index (χ1) is 10.6. The average molecular weight is 341 g/mol. The highest BCUT2D eigenvalue weighted by Gasteiger charge is 2.15. The van der Waals surface area contributed by atoms with Crippen LogP contribution in [0.1, 0.15) is 45.6 Å². The van der Waals surface area contributed by atoms with Gasteiger partial charge in [0, 0.05) is 24.9 Å². The number of anilines is 1. The Morgan fingerprint density at radius 3 is 2.43 bits per heavy atom. The quantitative estimate of drug-likeness (QED) is 0.581. The van der Waals surface area contributed by atoms with Crippen molar-refractivity contribution >= 4 is 21.5 Å². The van der Waals surface area contributed by atoms with E-state index in [1.807, 2.05) is 45.0 Å². The molecule has 0 bridgehead atoms. The number of benzene rings is 1. The molecule has 0 aliphatic carbocycles. The lowest BCUT2D eigenvalue weighted by atomic mass is 10.1. The minimum Gasteiger partial charge on any atom is -0.460 e. The van der Waals surface area contributed by atoms with Crippen molar-refractivity contribution in [2.24, 2.45) is 0 Å². The van der Waals surface area contributed by atoms with Gasteiger partial charge in [-0.1, -0.05) is 18.2 Å². The van der Waals surface area contributed by atoms with E-state index >= 15 is 0 Å². The van der Waals surface area contributed by atoms with Crippen LogP contribution in [-0.4, -0.2) is 32.8 Å². The third-order valence-electron chi connectivity index (χ3n) is 2.98. The Bertz CT molecular complexity index is 618. The second-order valence-corrected chi connectivity index (χ2v) is 8.84. The molecule has 23 heavy (non-hydrogen) atoms. The zero-order valence-electron chi connectivity index (χ0n) is 14.4. The Morgan fingerprint density at radius 2 is 1.83 bits per heavy atom. The van der Waals surface area contributed by atoms with Gasteiger partial charge in [-0.3, -0.25) is 4.79 Å². The lowest BCUT2D eigenvalue weighted by Gasteiger charge is -2.19. The number of hydrogen-bond donors (Lipinski definition) is 1. The zero-order valence-corrected chi connectivity index (χ0v) is 15.2. The average Bonchev–Trinajstić information content (AvgIpc) is 2.36. The molecule has 0 unspecified atom stereocenters. The smallest absolute Gasteiger partial charge is 0.306 e. The third kappa shape index (κ3) is 9.23. The predicted molar refractivity (Wildman–Crippen MR) is 93.2 cm³/mol. The molecule has 6 heteroatoms. The fraction of sp³-hybridized carbons (Fsp3) is 0.588. The summed E-state index contributed by atoms with van der Waals surface area (Å²) >= 11 is 0. The molecule has 1 aromatic rings. The molecule has 5 nitrogen and oxygen atoms in total. The minimum atomic E-state index is -3.06. The fourth-order valence-corrected chi connectivity index (χ4v) is 2.93. The normalized spacial score (nSPS) is 12.0. The molecule has 0 aliphatic rings. The van der Waals surface area contributed by atoms with Crippen molar-refractivity contribution in [1.82, 2.24) is 0 Å². The fourth-order valence-electron chi connectivity index (χ4n) is 2.11. The lowest BCUT2D eigenvalue weighted by molar-refractivity contribution is -0.154. The van der Waals surface area contributed by atoms with Gasteiger partial charge in [0.15, 0.2) is 9.84 Å².